The van der Waals surface area contributed by atoms with Gasteiger partial charge in [0, 0.05) is 9.82 Å². The van der Waals surface area contributed by atoms with Crippen LogP contribution >= 0.6 is 23.2 Å². The van der Waals surface area contributed by atoms with Crippen molar-refractivity contribution in [3.05, 3.63) is 30.9 Å². The first-order chi connectivity index (χ1) is 7.11. The van der Waals surface area contributed by atoms with E-state index in [4.69, 9.17) is 34.3 Å². The highest BCUT2D eigenvalue weighted by atomic mass is 35.5. The second kappa shape index (κ2) is 4.59. The van der Waals surface area contributed by atoms with Crippen LogP contribution < -0.4 is 5.73 Å². The molecule has 1 aromatic heterocycles. The summed E-state index contributed by atoms with van der Waals surface area (Å²) in [4.78, 5) is 8.27. The zero-order chi connectivity index (χ0) is 11.4. The van der Waals surface area contributed by atoms with E-state index >= 15 is 0 Å². The lowest BCUT2D eigenvalue weighted by molar-refractivity contribution is 1.21. The predicted octanol–water partition coefficient (Wildman–Crippen LogP) is 3.97. The van der Waals surface area contributed by atoms with Crippen LogP contribution in [-0.4, -0.2) is 4.98 Å². The van der Waals surface area contributed by atoms with E-state index in [1.807, 2.05) is 0 Å². The Morgan fingerprint density at radius 2 is 1.73 bits per heavy atom. The number of hydrogen-bond acceptors (Lipinski definition) is 3. The van der Waals surface area contributed by atoms with E-state index in [2.05, 4.69) is 25.0 Å². The van der Waals surface area contributed by atoms with Gasteiger partial charge in [-0.25, -0.2) is 4.98 Å². The summed E-state index contributed by atoms with van der Waals surface area (Å²) in [7, 11) is 0. The lowest BCUT2D eigenvalue weighted by Crippen LogP contribution is -1.83. The number of azide groups is 2. The standard InChI is InChI=1S/C5Cl2N8/c6-1-3(12-14-9)2(7)5(13-15-10)11-4(1)8. The quantitative estimate of drug-likeness (QED) is 0.433. The van der Waals surface area contributed by atoms with Gasteiger partial charge in [-0.2, -0.15) is 0 Å². The molecule has 0 aliphatic carbocycles. The molecule has 0 bridgehead atoms. The first-order valence-corrected chi connectivity index (χ1v) is 4.05. The summed E-state index contributed by atoms with van der Waals surface area (Å²) in [5, 5.41) is 5.69. The highest BCUT2D eigenvalue weighted by Crippen LogP contribution is 2.42. The average Bonchev–Trinajstić information content (AvgIpc) is 2.21. The van der Waals surface area contributed by atoms with Gasteiger partial charge in [-0.05, 0) is 16.2 Å². The van der Waals surface area contributed by atoms with Gasteiger partial charge < -0.3 is 0 Å². The Labute approximate surface area is 92.9 Å². The van der Waals surface area contributed by atoms with E-state index < -0.39 is 5.82 Å². The number of halogens is 2. The molecule has 0 atom stereocenters. The smallest absolute Gasteiger partial charge is 0.194 e. The maximum Gasteiger partial charge on any atom is 0.194 e. The van der Waals surface area contributed by atoms with E-state index in [9.17, 15) is 5.73 Å². The van der Waals surface area contributed by atoms with Crippen molar-refractivity contribution in [2.24, 2.45) is 10.2 Å². The summed E-state index contributed by atoms with van der Waals surface area (Å²) >= 11 is 11.2. The molecule has 0 N–H and O–H groups in total. The molecule has 15 heavy (non-hydrogen) atoms. The second-order valence-corrected chi connectivity index (χ2v) is 2.87. The molecule has 1 rings (SSSR count). The minimum Gasteiger partial charge on any atom is -0.222 e. The SMILES string of the molecule is [N]c1nc(N=[N+]=[N-])c(Cl)c(N=[N+]=[N-])c1Cl. The van der Waals surface area contributed by atoms with Gasteiger partial charge in [-0.3, -0.25) is 0 Å². The first-order valence-electron chi connectivity index (χ1n) is 3.30. The fourth-order valence-electron chi connectivity index (χ4n) is 0.748. The molecule has 8 nitrogen and oxygen atoms in total. The molecule has 1 aromatic rings. The van der Waals surface area contributed by atoms with Gasteiger partial charge in [0.2, 0.25) is 0 Å². The number of hydrogen-bond donors (Lipinski definition) is 0. The van der Waals surface area contributed by atoms with E-state index in [-0.39, 0.29) is 21.6 Å². The first kappa shape index (κ1) is 11.2. The predicted molar refractivity (Wildman–Crippen MR) is 53.7 cm³/mol. The van der Waals surface area contributed by atoms with Gasteiger partial charge in [0.1, 0.15) is 5.82 Å². The molecular weight excluding hydrogens is 243 g/mol. The monoisotopic (exact) mass is 242 g/mol. The molecule has 0 saturated carbocycles. The summed E-state index contributed by atoms with van der Waals surface area (Å²) in [6, 6.07) is 0. The second-order valence-electron chi connectivity index (χ2n) is 2.11. The number of pyridine rings is 1. The summed E-state index contributed by atoms with van der Waals surface area (Å²) in [5.74, 6) is -0.950. The molecule has 0 saturated heterocycles. The van der Waals surface area contributed by atoms with Gasteiger partial charge >= 0.3 is 0 Å². The van der Waals surface area contributed by atoms with Crippen LogP contribution in [0.3, 0.4) is 0 Å². The van der Waals surface area contributed by atoms with Gasteiger partial charge in [0.05, 0.1) is 15.7 Å². The van der Waals surface area contributed by atoms with E-state index in [0.717, 1.165) is 0 Å². The molecule has 0 aliphatic rings. The molecule has 2 radical (unpaired) electrons. The Bertz CT molecular complexity index is 498. The lowest BCUT2D eigenvalue weighted by atomic mass is 10.4. The van der Waals surface area contributed by atoms with E-state index in [0.29, 0.717) is 0 Å². The van der Waals surface area contributed by atoms with Crippen LogP contribution in [-0.2, 0) is 0 Å². The molecule has 1 heterocycles. The van der Waals surface area contributed by atoms with Crippen molar-refractivity contribution >= 4 is 40.5 Å². The van der Waals surface area contributed by atoms with E-state index in [1.54, 1.807) is 0 Å². The molecule has 0 aliphatic heterocycles. The zero-order valence-corrected chi connectivity index (χ0v) is 8.35. The summed E-state index contributed by atoms with van der Waals surface area (Å²) in [6.45, 7) is 0. The number of nitrogens with zero attached hydrogens (tertiary/aromatic N) is 8. The Balaban J connectivity index is 3.62. The van der Waals surface area contributed by atoms with Crippen molar-refractivity contribution in [1.29, 1.82) is 0 Å². The van der Waals surface area contributed by atoms with Crippen LogP contribution in [0.2, 0.25) is 10.0 Å². The lowest BCUT2D eigenvalue weighted by Gasteiger charge is -2.03. The molecule has 0 fully saturated rings. The Hall–Kier alpha value is -1.85. The molecule has 0 amide bonds. The van der Waals surface area contributed by atoms with E-state index in [1.165, 1.54) is 0 Å². The van der Waals surface area contributed by atoms with Crippen LogP contribution in [0.4, 0.5) is 17.3 Å². The van der Waals surface area contributed by atoms with Crippen molar-refractivity contribution in [3.63, 3.8) is 0 Å². The van der Waals surface area contributed by atoms with Crippen LogP contribution in [0.5, 0.6) is 0 Å². The zero-order valence-electron chi connectivity index (χ0n) is 6.83. The fraction of sp³-hybridized carbons (Fsp3) is 0. The van der Waals surface area contributed by atoms with Gasteiger partial charge in [0.25, 0.3) is 0 Å². The van der Waals surface area contributed by atoms with Gasteiger partial charge in [-0.1, -0.05) is 28.3 Å². The maximum absolute atomic E-state index is 9.19. The summed E-state index contributed by atoms with van der Waals surface area (Å²) in [6.07, 6.45) is 0. The minimum atomic E-state index is -0.633. The third kappa shape index (κ3) is 2.15. The van der Waals surface area contributed by atoms with Crippen molar-refractivity contribution in [3.8, 4) is 0 Å². The van der Waals surface area contributed by atoms with Crippen LogP contribution in [0.1, 0.15) is 0 Å². The van der Waals surface area contributed by atoms with Crippen molar-refractivity contribution in [2.45, 2.75) is 0 Å². The summed E-state index contributed by atoms with van der Waals surface area (Å²) < 4.78 is 0. The molecule has 10 heteroatoms. The van der Waals surface area contributed by atoms with Crippen molar-refractivity contribution < 1.29 is 0 Å². The Morgan fingerprint density at radius 3 is 2.27 bits per heavy atom. The third-order valence-electron chi connectivity index (χ3n) is 1.30. The molecule has 0 spiro atoms. The average molecular weight is 243 g/mol. The summed E-state index contributed by atoms with van der Waals surface area (Å²) in [5.41, 5.74) is 25.3. The van der Waals surface area contributed by atoms with Crippen LogP contribution in [0.15, 0.2) is 10.2 Å². The van der Waals surface area contributed by atoms with Crippen molar-refractivity contribution in [2.75, 3.05) is 0 Å². The van der Waals surface area contributed by atoms with Crippen molar-refractivity contribution in [1.82, 2.24) is 10.7 Å². The topological polar surface area (TPSA) is 133 Å². The molecule has 0 unspecified atom stereocenters. The van der Waals surface area contributed by atoms with Crippen LogP contribution in [0.25, 0.3) is 20.9 Å². The Kier molecular flexibility index (Phi) is 3.43. The highest BCUT2D eigenvalue weighted by molar-refractivity contribution is 6.41. The highest BCUT2D eigenvalue weighted by Gasteiger charge is 2.14. The Morgan fingerprint density at radius 1 is 1.13 bits per heavy atom. The third-order valence-corrected chi connectivity index (χ3v) is 2.00. The molecule has 74 valence electrons. The van der Waals surface area contributed by atoms with Gasteiger partial charge in [0.15, 0.2) is 5.82 Å². The maximum atomic E-state index is 9.19. The minimum absolute atomic E-state index is 0.228. The van der Waals surface area contributed by atoms with Gasteiger partial charge in [-0.15, -0.1) is 5.73 Å². The van der Waals surface area contributed by atoms with Crippen LogP contribution in [0, 0.1) is 0 Å². The fourth-order valence-corrected chi connectivity index (χ4v) is 1.18. The molecule has 0 aromatic carbocycles. The number of aromatic nitrogens is 1. The largest absolute Gasteiger partial charge is 0.222 e. The number of rotatable bonds is 2. The normalized spacial score (nSPS) is 8.93. The molecular formula is C5Cl2N8.